The van der Waals surface area contributed by atoms with Crippen LogP contribution >= 0.6 is 0 Å². The molecule has 1 aliphatic heterocycles. The Hall–Kier alpha value is -3.41. The third kappa shape index (κ3) is 2.75. The van der Waals surface area contributed by atoms with Gasteiger partial charge in [0, 0.05) is 28.6 Å². The third-order valence-corrected chi connectivity index (χ3v) is 4.51. The number of hydrogen-bond donors (Lipinski definition) is 2. The van der Waals surface area contributed by atoms with Crippen molar-refractivity contribution >= 4 is 33.5 Å². The van der Waals surface area contributed by atoms with Crippen LogP contribution in [0.1, 0.15) is 6.42 Å². The lowest BCUT2D eigenvalue weighted by Gasteiger charge is -2.09. The van der Waals surface area contributed by atoms with Crippen molar-refractivity contribution in [2.24, 2.45) is 0 Å². The Labute approximate surface area is 149 Å². The quantitative estimate of drug-likeness (QED) is 0.257. The first-order valence-corrected chi connectivity index (χ1v) is 8.31. The van der Waals surface area contributed by atoms with Gasteiger partial charge in [0.1, 0.15) is 24.7 Å². The van der Waals surface area contributed by atoms with E-state index < -0.39 is 5.97 Å². The minimum absolute atomic E-state index is 0.0736. The number of anilines is 1. The van der Waals surface area contributed by atoms with Crippen molar-refractivity contribution in [3.8, 4) is 11.5 Å². The average molecular weight is 348 g/mol. The molecule has 0 saturated carbocycles. The molecule has 6 nitrogen and oxygen atoms in total. The van der Waals surface area contributed by atoms with Gasteiger partial charge >= 0.3 is 5.97 Å². The molecule has 26 heavy (non-hydrogen) atoms. The molecule has 130 valence electrons. The zero-order valence-corrected chi connectivity index (χ0v) is 14.3. The van der Waals surface area contributed by atoms with E-state index in [1.54, 1.807) is 6.07 Å². The van der Waals surface area contributed by atoms with Crippen LogP contribution in [-0.2, 0) is 4.79 Å². The van der Waals surface area contributed by atoms with Gasteiger partial charge in [-0.25, -0.2) is 9.56 Å². The van der Waals surface area contributed by atoms with E-state index in [-0.39, 0.29) is 6.42 Å². The van der Waals surface area contributed by atoms with Crippen LogP contribution in [0.5, 0.6) is 0 Å². The standard InChI is InChI=1S/C20H17N3O3/c1-23(9-8-19(24)25)12-6-7-16-17(10-12)26-18-11-15(21)13-4-2-3-5-14(13)20(18)22-16/h2-7,10-11,21H,8-9H2,1H3,(H,24,25)/p+1. The zero-order chi connectivity index (χ0) is 18.3. The number of carboxylic acid groups (broad SMARTS) is 1. The number of fused-ring (bicyclic) bond motifs is 4. The van der Waals surface area contributed by atoms with E-state index in [4.69, 9.17) is 20.2 Å². The highest BCUT2D eigenvalue weighted by atomic mass is 16.4. The van der Waals surface area contributed by atoms with Gasteiger partial charge in [-0.15, -0.1) is 0 Å². The summed E-state index contributed by atoms with van der Waals surface area (Å²) in [4.78, 5) is 15.5. The summed E-state index contributed by atoms with van der Waals surface area (Å²) in [6.07, 6.45) is 0.0736. The van der Waals surface area contributed by atoms with Crippen LogP contribution in [0.4, 0.5) is 5.69 Å². The number of hydrogen-bond acceptors (Lipinski definition) is 4. The highest BCUT2D eigenvalue weighted by Gasteiger charge is 2.14. The molecule has 1 heterocycles. The van der Waals surface area contributed by atoms with Gasteiger partial charge in [-0.1, -0.05) is 24.3 Å². The number of carbonyl (C=O) groups is 1. The number of nitrogens with two attached hydrogens (primary N) is 1. The second kappa shape index (κ2) is 6.15. The summed E-state index contributed by atoms with van der Waals surface area (Å²) >= 11 is 0. The molecule has 3 N–H and O–H groups in total. The van der Waals surface area contributed by atoms with E-state index in [0.717, 1.165) is 27.3 Å². The van der Waals surface area contributed by atoms with Crippen LogP contribution in [0.3, 0.4) is 0 Å². The number of aromatic nitrogens is 1. The normalized spacial score (nSPS) is 12.7. The highest BCUT2D eigenvalue weighted by Crippen LogP contribution is 2.32. The van der Waals surface area contributed by atoms with Crippen LogP contribution < -0.4 is 15.7 Å². The molecule has 4 rings (SSSR count). The maximum atomic E-state index is 10.8. The van der Waals surface area contributed by atoms with Gasteiger partial charge in [-0.2, -0.15) is 0 Å². The van der Waals surface area contributed by atoms with E-state index >= 15 is 0 Å². The van der Waals surface area contributed by atoms with Crippen molar-refractivity contribution in [1.82, 2.24) is 9.56 Å². The Morgan fingerprint density at radius 1 is 1.19 bits per heavy atom. The van der Waals surface area contributed by atoms with E-state index in [1.807, 2.05) is 54.1 Å². The molecule has 0 fully saturated rings. The number of benzene rings is 3. The Morgan fingerprint density at radius 2 is 1.96 bits per heavy atom. The molecule has 0 unspecified atom stereocenters. The van der Waals surface area contributed by atoms with Crippen LogP contribution in [0.25, 0.3) is 33.3 Å². The fraction of sp³-hybridized carbons (Fsp3) is 0.150. The van der Waals surface area contributed by atoms with E-state index in [9.17, 15) is 4.79 Å². The SMILES string of the molecule is C[N+](CCC(=O)O)=c1ccc2nc3c(cc(N)c4ccccc43)oc-2c1. The van der Waals surface area contributed by atoms with Gasteiger partial charge in [0.05, 0.1) is 6.07 Å². The number of aliphatic carboxylic acids is 1. The van der Waals surface area contributed by atoms with Crippen LogP contribution in [0.15, 0.2) is 52.9 Å². The summed E-state index contributed by atoms with van der Waals surface area (Å²) in [5.74, 6) is -0.191. The molecular formula is C20H18N3O3+. The van der Waals surface area contributed by atoms with Crippen LogP contribution in [-0.4, -0.2) is 29.7 Å². The summed E-state index contributed by atoms with van der Waals surface area (Å²) in [5.41, 5.74) is 8.94. The van der Waals surface area contributed by atoms with Gasteiger partial charge in [0.2, 0.25) is 5.36 Å². The first-order chi connectivity index (χ1) is 12.5. The maximum Gasteiger partial charge on any atom is 0.309 e. The number of carboxylic acids is 1. The third-order valence-electron chi connectivity index (χ3n) is 4.51. The van der Waals surface area contributed by atoms with Crippen molar-refractivity contribution in [2.75, 3.05) is 19.3 Å². The van der Waals surface area contributed by atoms with Crippen LogP contribution in [0.2, 0.25) is 0 Å². The number of nitrogen functional groups attached to an aromatic ring is 1. The van der Waals surface area contributed by atoms with Crippen LogP contribution in [0, 0.1) is 0 Å². The Bertz CT molecular complexity index is 1190. The summed E-state index contributed by atoms with van der Waals surface area (Å²) < 4.78 is 7.94. The second-order valence-corrected chi connectivity index (χ2v) is 6.29. The molecule has 0 aromatic heterocycles. The molecule has 0 amide bonds. The lowest BCUT2D eigenvalue weighted by Crippen LogP contribution is -2.28. The average Bonchev–Trinajstić information content (AvgIpc) is 2.64. The molecule has 0 atom stereocenters. The molecule has 0 saturated heterocycles. The molecule has 2 aliphatic rings. The maximum absolute atomic E-state index is 10.8. The van der Waals surface area contributed by atoms with E-state index in [0.29, 0.717) is 23.6 Å². The monoisotopic (exact) mass is 348 g/mol. The molecule has 0 radical (unpaired) electrons. The molecule has 1 aliphatic carbocycles. The predicted octanol–water partition coefficient (Wildman–Crippen LogP) is 2.54. The smallest absolute Gasteiger partial charge is 0.309 e. The number of nitrogens with zero attached hydrogens (tertiary/aromatic N) is 2. The van der Waals surface area contributed by atoms with Gasteiger partial charge in [0.25, 0.3) is 0 Å². The lowest BCUT2D eigenvalue weighted by atomic mass is 10.1. The fourth-order valence-corrected chi connectivity index (χ4v) is 3.10. The van der Waals surface area contributed by atoms with Crippen molar-refractivity contribution < 1.29 is 14.3 Å². The summed E-state index contributed by atoms with van der Waals surface area (Å²) in [6, 6.07) is 15.3. The van der Waals surface area contributed by atoms with Gasteiger partial charge in [-0.3, -0.25) is 4.79 Å². The molecule has 0 bridgehead atoms. The first-order valence-electron chi connectivity index (χ1n) is 8.31. The fourth-order valence-electron chi connectivity index (χ4n) is 3.10. The van der Waals surface area contributed by atoms with E-state index in [1.165, 1.54) is 0 Å². The van der Waals surface area contributed by atoms with E-state index in [2.05, 4.69) is 0 Å². The minimum atomic E-state index is -0.822. The lowest BCUT2D eigenvalue weighted by molar-refractivity contribution is -0.136. The minimum Gasteiger partial charge on any atom is -0.481 e. The Kier molecular flexibility index (Phi) is 3.80. The summed E-state index contributed by atoms with van der Waals surface area (Å²) in [7, 11) is 1.85. The predicted molar refractivity (Wildman–Crippen MR) is 101 cm³/mol. The highest BCUT2D eigenvalue weighted by molar-refractivity contribution is 6.09. The summed E-state index contributed by atoms with van der Waals surface area (Å²) in [5, 5.41) is 11.6. The molecule has 6 heteroatoms. The van der Waals surface area contributed by atoms with Gasteiger partial charge < -0.3 is 15.3 Å². The Morgan fingerprint density at radius 3 is 2.73 bits per heavy atom. The van der Waals surface area contributed by atoms with Crippen molar-refractivity contribution in [3.05, 3.63) is 53.9 Å². The van der Waals surface area contributed by atoms with Crippen molar-refractivity contribution in [3.63, 3.8) is 0 Å². The molecule has 0 spiro atoms. The molecular weight excluding hydrogens is 330 g/mol. The number of rotatable bonds is 3. The van der Waals surface area contributed by atoms with Gasteiger partial charge in [0.15, 0.2) is 17.9 Å². The Balaban J connectivity index is 1.94. The largest absolute Gasteiger partial charge is 0.481 e. The zero-order valence-electron chi connectivity index (χ0n) is 14.3. The topological polar surface area (TPSA) is 92.4 Å². The summed E-state index contributed by atoms with van der Waals surface area (Å²) in [6.45, 7) is 0.416. The van der Waals surface area contributed by atoms with Crippen molar-refractivity contribution in [1.29, 1.82) is 0 Å². The van der Waals surface area contributed by atoms with Crippen molar-refractivity contribution in [2.45, 2.75) is 6.42 Å². The molecule has 2 aromatic rings. The molecule has 2 aromatic carbocycles. The second-order valence-electron chi connectivity index (χ2n) is 6.29. The first kappa shape index (κ1) is 16.1. The van der Waals surface area contributed by atoms with Gasteiger partial charge in [-0.05, 0) is 6.07 Å².